The maximum absolute atomic E-state index is 12.7. The van der Waals surface area contributed by atoms with Gasteiger partial charge in [0.15, 0.2) is 0 Å². The highest BCUT2D eigenvalue weighted by atomic mass is 32.2. The molecule has 0 radical (unpaired) electrons. The number of nitrogen functional groups attached to an aromatic ring is 1. The van der Waals surface area contributed by atoms with Crippen LogP contribution >= 0.6 is 0 Å². The summed E-state index contributed by atoms with van der Waals surface area (Å²) >= 11 is 0. The lowest BCUT2D eigenvalue weighted by Crippen LogP contribution is -2.72. The molecule has 10 heteroatoms. The van der Waals surface area contributed by atoms with Crippen LogP contribution in [-0.2, 0) is 15.8 Å². The van der Waals surface area contributed by atoms with E-state index in [0.717, 1.165) is 37.6 Å². The highest BCUT2D eigenvalue weighted by Gasteiger charge is 2.53. The molecule has 9 nitrogen and oxygen atoms in total. The maximum Gasteiger partial charge on any atom is 0.322 e. The van der Waals surface area contributed by atoms with Crippen LogP contribution in [-0.4, -0.2) is 63.2 Å². The molecule has 1 spiro atoms. The summed E-state index contributed by atoms with van der Waals surface area (Å²) in [6.45, 7) is 2.85. The zero-order valence-corrected chi connectivity index (χ0v) is 16.4. The van der Waals surface area contributed by atoms with E-state index in [9.17, 15) is 13.8 Å². The summed E-state index contributed by atoms with van der Waals surface area (Å²) in [5, 5.41) is 10.8. The van der Waals surface area contributed by atoms with Crippen LogP contribution in [0.1, 0.15) is 10.5 Å². The van der Waals surface area contributed by atoms with E-state index in [0.29, 0.717) is 4.90 Å². The normalized spacial score (nSPS) is 18.6. The molecule has 4 N–H and O–H groups in total. The van der Waals surface area contributed by atoms with E-state index >= 15 is 0 Å². The van der Waals surface area contributed by atoms with E-state index < -0.39 is 29.4 Å². The number of carboxylic acids is 1. The third-order valence-electron chi connectivity index (χ3n) is 5.14. The summed E-state index contributed by atoms with van der Waals surface area (Å²) in [7, 11) is -1.34. The first kappa shape index (κ1) is 19.3. The predicted molar refractivity (Wildman–Crippen MR) is 108 cm³/mol. The monoisotopic (exact) mass is 415 g/mol. The third kappa shape index (κ3) is 3.94. The lowest BCUT2D eigenvalue weighted by molar-refractivity contribution is -0.135. The Labute approximate surface area is 170 Å². The van der Waals surface area contributed by atoms with Crippen molar-refractivity contribution < 1.29 is 18.9 Å². The van der Waals surface area contributed by atoms with Gasteiger partial charge >= 0.3 is 5.97 Å². The van der Waals surface area contributed by atoms with Crippen LogP contribution in [0.15, 0.2) is 47.5 Å². The first-order chi connectivity index (χ1) is 13.8. The molecule has 1 atom stereocenters. The summed E-state index contributed by atoms with van der Waals surface area (Å²) < 4.78 is 14.6. The predicted octanol–water partition coefficient (Wildman–Crippen LogP) is 0.323. The quantitative estimate of drug-likeness (QED) is 0.580. The molecule has 0 aliphatic carbocycles. The van der Waals surface area contributed by atoms with Gasteiger partial charge in [0, 0.05) is 49.2 Å². The van der Waals surface area contributed by atoms with E-state index in [4.69, 9.17) is 10.8 Å². The van der Waals surface area contributed by atoms with Crippen molar-refractivity contribution in [2.75, 3.05) is 43.4 Å². The number of carboxylic acid groups (broad SMARTS) is 1. The molecule has 1 aromatic carbocycles. The highest BCUT2D eigenvalue weighted by Crippen LogP contribution is 2.43. The van der Waals surface area contributed by atoms with Gasteiger partial charge in [0.25, 0.3) is 5.91 Å². The molecule has 2 saturated heterocycles. The fourth-order valence-corrected chi connectivity index (χ4v) is 5.07. The Morgan fingerprint density at radius 1 is 1.14 bits per heavy atom. The number of benzene rings is 1. The van der Waals surface area contributed by atoms with Crippen LogP contribution in [0.5, 0.6) is 0 Å². The number of rotatable bonds is 6. The van der Waals surface area contributed by atoms with Gasteiger partial charge in [-0.3, -0.25) is 9.59 Å². The van der Waals surface area contributed by atoms with Gasteiger partial charge in [0.2, 0.25) is 0 Å². The number of anilines is 2. The van der Waals surface area contributed by atoms with Gasteiger partial charge in [-0.2, -0.15) is 0 Å². The van der Waals surface area contributed by atoms with Crippen molar-refractivity contribution in [3.63, 3.8) is 0 Å². The van der Waals surface area contributed by atoms with Gasteiger partial charge in [-0.25, -0.2) is 13.5 Å². The van der Waals surface area contributed by atoms with Crippen molar-refractivity contribution >= 4 is 34.2 Å². The second-order valence-corrected chi connectivity index (χ2v) is 8.94. The molecule has 0 bridgehead atoms. The minimum Gasteiger partial charge on any atom is -0.480 e. The first-order valence-electron chi connectivity index (χ1n) is 9.09. The van der Waals surface area contributed by atoms with Crippen molar-refractivity contribution in [2.24, 2.45) is 5.41 Å². The Bertz CT molecular complexity index is 950. The van der Waals surface area contributed by atoms with Crippen molar-refractivity contribution in [1.82, 2.24) is 14.6 Å². The standard InChI is InChI=1S/C19H21N5O4S/c20-13-1-3-14(4-2-13)23-9-19(10-23)11-24(12-19)29(28)15-5-6-16(21-7-15)18(27)22-8-17(25)26/h1-7H,8-12,20H2,(H,22,27)(H,25,26). The topological polar surface area (TPSA) is 129 Å². The number of nitrogens with one attached hydrogen (secondary N) is 1. The molecule has 2 fully saturated rings. The summed E-state index contributed by atoms with van der Waals surface area (Å²) in [5.74, 6) is -1.71. The van der Waals surface area contributed by atoms with Crippen LogP contribution in [0.25, 0.3) is 0 Å². The zero-order valence-electron chi connectivity index (χ0n) is 15.6. The maximum atomic E-state index is 12.7. The van der Waals surface area contributed by atoms with Gasteiger partial charge < -0.3 is 21.1 Å². The molecule has 2 aromatic rings. The van der Waals surface area contributed by atoms with Gasteiger partial charge in [-0.15, -0.1) is 0 Å². The molecule has 0 saturated carbocycles. The molecule has 1 amide bonds. The highest BCUT2D eigenvalue weighted by molar-refractivity contribution is 7.82. The van der Waals surface area contributed by atoms with Crippen LogP contribution in [0.2, 0.25) is 0 Å². The SMILES string of the molecule is Nc1ccc(N2CC3(C2)CN(S(=O)c2ccc(C(=O)NCC(=O)O)nc2)C3)cc1. The first-order valence-corrected chi connectivity index (χ1v) is 10.2. The molecule has 29 heavy (non-hydrogen) atoms. The van der Waals surface area contributed by atoms with E-state index in [1.807, 2.05) is 28.6 Å². The summed E-state index contributed by atoms with van der Waals surface area (Å²) in [5.41, 5.74) is 7.87. The Hall–Kier alpha value is -2.98. The molecular formula is C19H21N5O4S. The molecular weight excluding hydrogens is 394 g/mol. The third-order valence-corrected chi connectivity index (χ3v) is 6.51. The average molecular weight is 415 g/mol. The summed E-state index contributed by atoms with van der Waals surface area (Å²) in [6.07, 6.45) is 1.40. The van der Waals surface area contributed by atoms with E-state index in [2.05, 4.69) is 15.2 Å². The fourth-order valence-electron chi connectivity index (χ4n) is 3.66. The number of hydrogen-bond donors (Lipinski definition) is 3. The van der Waals surface area contributed by atoms with Crippen LogP contribution in [0, 0.1) is 5.41 Å². The number of aliphatic carboxylic acids is 1. The number of carbonyl (C=O) groups excluding carboxylic acids is 1. The second-order valence-electron chi connectivity index (χ2n) is 7.45. The van der Waals surface area contributed by atoms with E-state index in [-0.39, 0.29) is 11.1 Å². The van der Waals surface area contributed by atoms with Crippen LogP contribution < -0.4 is 16.0 Å². The van der Waals surface area contributed by atoms with Gasteiger partial charge in [0.1, 0.15) is 23.2 Å². The molecule has 2 aliphatic heterocycles. The zero-order chi connectivity index (χ0) is 20.6. The Morgan fingerprint density at radius 3 is 2.41 bits per heavy atom. The molecule has 1 unspecified atom stereocenters. The summed E-state index contributed by atoms with van der Waals surface area (Å²) in [4.78, 5) is 29.1. The minimum atomic E-state index is -1.34. The molecule has 152 valence electrons. The van der Waals surface area contributed by atoms with Gasteiger partial charge in [0.05, 0.1) is 4.90 Å². The Kier molecular flexibility index (Phi) is 4.97. The van der Waals surface area contributed by atoms with Crippen LogP contribution in [0.3, 0.4) is 0 Å². The van der Waals surface area contributed by atoms with E-state index in [1.165, 1.54) is 12.3 Å². The number of pyridine rings is 1. The number of nitrogens with zero attached hydrogens (tertiary/aromatic N) is 3. The molecule has 3 heterocycles. The lowest BCUT2D eigenvalue weighted by atomic mass is 9.74. The van der Waals surface area contributed by atoms with Crippen molar-refractivity contribution in [1.29, 1.82) is 0 Å². The smallest absolute Gasteiger partial charge is 0.322 e. The Morgan fingerprint density at radius 2 is 1.83 bits per heavy atom. The molecule has 2 aliphatic rings. The Balaban J connectivity index is 1.29. The van der Waals surface area contributed by atoms with Crippen molar-refractivity contribution in [2.45, 2.75) is 4.90 Å². The number of aromatic nitrogens is 1. The molecule has 1 aromatic heterocycles. The van der Waals surface area contributed by atoms with Crippen molar-refractivity contribution in [3.05, 3.63) is 48.3 Å². The van der Waals surface area contributed by atoms with Gasteiger partial charge in [-0.1, -0.05) is 0 Å². The number of hydrogen-bond acceptors (Lipinski definition) is 6. The molecule has 4 rings (SSSR count). The van der Waals surface area contributed by atoms with Gasteiger partial charge in [-0.05, 0) is 36.4 Å². The lowest BCUT2D eigenvalue weighted by Gasteiger charge is -2.60. The fraction of sp³-hybridized carbons (Fsp3) is 0.316. The largest absolute Gasteiger partial charge is 0.480 e. The average Bonchev–Trinajstić information content (AvgIpc) is 2.65. The van der Waals surface area contributed by atoms with E-state index in [1.54, 1.807) is 6.07 Å². The number of carbonyl (C=O) groups is 2. The minimum absolute atomic E-state index is 0.0882. The number of nitrogens with two attached hydrogens (primary N) is 1. The van der Waals surface area contributed by atoms with Crippen LogP contribution in [0.4, 0.5) is 11.4 Å². The number of amides is 1. The summed E-state index contributed by atoms with van der Waals surface area (Å²) in [6, 6.07) is 10.8. The van der Waals surface area contributed by atoms with Crippen molar-refractivity contribution in [3.8, 4) is 0 Å². The second kappa shape index (κ2) is 7.45.